The topological polar surface area (TPSA) is 0 Å². The first-order valence-electron chi connectivity index (χ1n) is 4.46. The smallest absolute Gasteiger partial charge is 0.114 e. The Labute approximate surface area is 75.1 Å². The Morgan fingerprint density at radius 3 is 2.45 bits per heavy atom. The van der Waals surface area contributed by atoms with Gasteiger partial charge >= 0.3 is 0 Å². The summed E-state index contributed by atoms with van der Waals surface area (Å²) in [6.45, 7) is 7.27. The highest BCUT2D eigenvalue weighted by Crippen LogP contribution is 2.34. The number of allylic oxidation sites excluding steroid dienone is 2. The van der Waals surface area contributed by atoms with Gasteiger partial charge in [-0.05, 0) is 30.6 Å². The van der Waals surface area contributed by atoms with Crippen molar-refractivity contribution in [3.63, 3.8) is 0 Å². The average molecular weight is 186 g/mol. The minimum absolute atomic E-state index is 0.896. The minimum Gasteiger partial charge on any atom is -0.156 e. The van der Waals surface area contributed by atoms with E-state index in [2.05, 4.69) is 36.9 Å². The van der Waals surface area contributed by atoms with Crippen molar-refractivity contribution in [2.75, 3.05) is 0 Å². The summed E-state index contributed by atoms with van der Waals surface area (Å²) in [6, 6.07) is 0. The third-order valence-corrected chi connectivity index (χ3v) is 5.56. The first kappa shape index (κ1) is 9.40. The summed E-state index contributed by atoms with van der Waals surface area (Å²) >= 11 is 2.18. The van der Waals surface area contributed by atoms with Gasteiger partial charge in [0, 0.05) is 0 Å². The van der Waals surface area contributed by atoms with E-state index in [1.54, 1.807) is 4.91 Å². The molecule has 0 N–H and O–H groups in total. The molecular weight excluding hydrogens is 168 g/mol. The Balaban J connectivity index is 2.42. The van der Waals surface area contributed by atoms with Crippen molar-refractivity contribution in [2.45, 2.75) is 45.3 Å². The van der Waals surface area contributed by atoms with Gasteiger partial charge in [-0.2, -0.15) is 11.2 Å². The van der Waals surface area contributed by atoms with Crippen LogP contribution >= 0.6 is 11.2 Å². The third kappa shape index (κ3) is 4.02. The van der Waals surface area contributed by atoms with Gasteiger partial charge in [0.05, 0.1) is 0 Å². The predicted molar refractivity (Wildman–Crippen MR) is 57.5 cm³/mol. The molecule has 0 nitrogen and oxygen atoms in total. The Hall–Kier alpha value is 0.307. The van der Waals surface area contributed by atoms with E-state index in [1.165, 1.54) is 25.7 Å². The van der Waals surface area contributed by atoms with Crippen LogP contribution in [0.5, 0.6) is 0 Å². The molecule has 0 bridgehead atoms. The summed E-state index contributed by atoms with van der Waals surface area (Å²) in [5.74, 6) is 0. The van der Waals surface area contributed by atoms with Crippen LogP contribution in [0.15, 0.2) is 11.0 Å². The van der Waals surface area contributed by atoms with E-state index in [-0.39, 0.29) is 0 Å². The zero-order chi connectivity index (χ0) is 8.32. The minimum atomic E-state index is -0.896. The van der Waals surface area contributed by atoms with Gasteiger partial charge in [-0.25, -0.2) is 0 Å². The molecule has 0 aliphatic heterocycles. The summed E-state index contributed by atoms with van der Waals surface area (Å²) in [7, 11) is -0.896. The molecule has 0 unspecified atom stereocenters. The Morgan fingerprint density at radius 2 is 2.00 bits per heavy atom. The second kappa shape index (κ2) is 3.81. The monoisotopic (exact) mass is 186 g/mol. The summed E-state index contributed by atoms with van der Waals surface area (Å²) in [5, 5.41) is 0. The molecule has 0 radical (unpaired) electrons. The zero-order valence-corrected chi connectivity index (χ0v) is 9.63. The Bertz CT molecular complexity index is 155. The van der Waals surface area contributed by atoms with Crippen molar-refractivity contribution in [1.82, 2.24) is 0 Å². The van der Waals surface area contributed by atoms with E-state index in [0.29, 0.717) is 0 Å². The van der Waals surface area contributed by atoms with E-state index in [9.17, 15) is 0 Å². The van der Waals surface area contributed by atoms with Gasteiger partial charge in [0.2, 0.25) is 0 Å². The Kier molecular flexibility index (Phi) is 3.25. The van der Waals surface area contributed by atoms with Crippen molar-refractivity contribution < 1.29 is 0 Å². The van der Waals surface area contributed by atoms with Crippen molar-refractivity contribution in [3.8, 4) is 0 Å². The van der Waals surface area contributed by atoms with Gasteiger partial charge in [0.15, 0.2) is 0 Å². The lowest BCUT2D eigenvalue weighted by Gasteiger charge is -2.20. The lowest BCUT2D eigenvalue weighted by atomic mass is 10.1. The summed E-state index contributed by atoms with van der Waals surface area (Å²) in [6.07, 6.45) is 7.97. The Morgan fingerprint density at radius 1 is 1.27 bits per heavy atom. The van der Waals surface area contributed by atoms with Gasteiger partial charge in [0.25, 0.3) is 0 Å². The molecule has 0 fully saturated rings. The maximum Gasteiger partial charge on any atom is 0.114 e. The highest BCUT2D eigenvalue weighted by atomic mass is 32.4. The summed E-state index contributed by atoms with van der Waals surface area (Å²) < 4.78 is 0. The molecule has 0 aromatic carbocycles. The molecular formula is C9H18SSi. The molecule has 0 spiro atoms. The largest absolute Gasteiger partial charge is 0.156 e. The van der Waals surface area contributed by atoms with Crippen LogP contribution in [0.1, 0.15) is 25.7 Å². The second-order valence-corrected chi connectivity index (χ2v) is 13.4. The fourth-order valence-electron chi connectivity index (χ4n) is 1.29. The van der Waals surface area contributed by atoms with Gasteiger partial charge in [0.1, 0.15) is 7.22 Å². The van der Waals surface area contributed by atoms with Crippen LogP contribution in [0.4, 0.5) is 0 Å². The average Bonchev–Trinajstić information content (AvgIpc) is 1.85. The molecule has 64 valence electrons. The maximum atomic E-state index is 2.45. The molecule has 0 aromatic rings. The van der Waals surface area contributed by atoms with Crippen LogP contribution in [0.25, 0.3) is 0 Å². The molecule has 0 heterocycles. The van der Waals surface area contributed by atoms with E-state index in [1.807, 2.05) is 0 Å². The van der Waals surface area contributed by atoms with E-state index < -0.39 is 7.22 Å². The van der Waals surface area contributed by atoms with Gasteiger partial charge < -0.3 is 0 Å². The first-order valence-corrected chi connectivity index (χ1v) is 9.50. The van der Waals surface area contributed by atoms with Crippen LogP contribution < -0.4 is 0 Å². The van der Waals surface area contributed by atoms with Crippen molar-refractivity contribution in [2.24, 2.45) is 0 Å². The molecule has 0 saturated carbocycles. The molecule has 0 aromatic heterocycles. The number of hydrogen-bond donors (Lipinski definition) is 0. The van der Waals surface area contributed by atoms with Crippen molar-refractivity contribution in [1.29, 1.82) is 0 Å². The molecule has 0 saturated heterocycles. The second-order valence-electron chi connectivity index (χ2n) is 4.13. The normalized spacial score (nSPS) is 19.7. The quantitative estimate of drug-likeness (QED) is 0.587. The van der Waals surface area contributed by atoms with Crippen LogP contribution in [0, 0.1) is 0 Å². The van der Waals surface area contributed by atoms with E-state index in [0.717, 1.165) is 0 Å². The molecule has 0 atom stereocenters. The fourth-order valence-corrected chi connectivity index (χ4v) is 5.44. The van der Waals surface area contributed by atoms with Crippen molar-refractivity contribution in [3.05, 3.63) is 11.0 Å². The number of hydrogen-bond acceptors (Lipinski definition) is 1. The molecule has 11 heavy (non-hydrogen) atoms. The zero-order valence-electron chi connectivity index (χ0n) is 7.81. The van der Waals surface area contributed by atoms with Gasteiger partial charge in [-0.15, -0.1) is 0 Å². The molecule has 1 aliphatic rings. The highest BCUT2D eigenvalue weighted by molar-refractivity contribution is 8.31. The SMILES string of the molecule is C[Si](C)(C)SC1=CCCCC1. The lowest BCUT2D eigenvalue weighted by Crippen LogP contribution is -2.14. The molecule has 1 rings (SSSR count). The molecule has 1 aliphatic carbocycles. The maximum absolute atomic E-state index is 2.45. The van der Waals surface area contributed by atoms with Gasteiger partial charge in [-0.3, -0.25) is 0 Å². The fraction of sp³-hybridized carbons (Fsp3) is 0.778. The molecule has 2 heteroatoms. The number of rotatable bonds is 2. The standard InChI is InChI=1S/C9H18SSi/c1-11(2,3)10-9-7-5-4-6-8-9/h7H,4-6,8H2,1-3H3. The lowest BCUT2D eigenvalue weighted by molar-refractivity contribution is 0.724. The van der Waals surface area contributed by atoms with Crippen LogP contribution in [0.2, 0.25) is 19.6 Å². The van der Waals surface area contributed by atoms with Gasteiger partial charge in [-0.1, -0.05) is 25.7 Å². The van der Waals surface area contributed by atoms with E-state index >= 15 is 0 Å². The van der Waals surface area contributed by atoms with Crippen molar-refractivity contribution >= 4 is 18.4 Å². The first-order chi connectivity index (χ1) is 5.08. The highest BCUT2D eigenvalue weighted by Gasteiger charge is 2.17. The molecule has 0 amide bonds. The predicted octanol–water partition coefficient (Wildman–Crippen LogP) is 4.01. The van der Waals surface area contributed by atoms with E-state index in [4.69, 9.17) is 0 Å². The summed E-state index contributed by atoms with van der Waals surface area (Å²) in [5.41, 5.74) is 0. The van der Waals surface area contributed by atoms with Crippen LogP contribution in [0.3, 0.4) is 0 Å². The summed E-state index contributed by atoms with van der Waals surface area (Å²) in [4.78, 5) is 1.68. The van der Waals surface area contributed by atoms with Crippen LogP contribution in [-0.4, -0.2) is 7.22 Å². The van der Waals surface area contributed by atoms with Crippen LogP contribution in [-0.2, 0) is 0 Å². The third-order valence-electron chi connectivity index (χ3n) is 1.69.